The molecule has 1 fully saturated rings. The van der Waals surface area contributed by atoms with Gasteiger partial charge in [0.2, 0.25) is 5.88 Å². The van der Waals surface area contributed by atoms with Gasteiger partial charge in [-0.05, 0) is 37.4 Å². The van der Waals surface area contributed by atoms with E-state index in [1.54, 1.807) is 0 Å². The number of rotatable bonds is 3. The molecule has 1 saturated carbocycles. The third kappa shape index (κ3) is 3.98. The fourth-order valence-electron chi connectivity index (χ4n) is 4.24. The summed E-state index contributed by atoms with van der Waals surface area (Å²) >= 11 is 4.57. The average molecular weight is 501 g/mol. The van der Waals surface area contributed by atoms with E-state index in [0.717, 1.165) is 19.3 Å². The number of hydrogen-bond donors (Lipinski definition) is 0. The molecular formula is C21H30ClFN4O3SSi. The van der Waals surface area contributed by atoms with Crippen LogP contribution in [-0.4, -0.2) is 59.4 Å². The minimum absolute atomic E-state index is 0.0254. The van der Waals surface area contributed by atoms with E-state index in [0.29, 0.717) is 11.2 Å². The number of fused-ring (bicyclic) bond motifs is 1. The van der Waals surface area contributed by atoms with Gasteiger partial charge in [-0.3, -0.25) is 0 Å². The summed E-state index contributed by atoms with van der Waals surface area (Å²) in [7, 11) is -0.161. The minimum Gasteiger partial charge on any atom is -0.609 e. The predicted octanol–water partition coefficient (Wildman–Crippen LogP) is 4.69. The first-order valence-corrected chi connectivity index (χ1v) is 15.6. The Morgan fingerprint density at radius 2 is 1.94 bits per heavy atom. The van der Waals surface area contributed by atoms with Gasteiger partial charge >= 0.3 is 5.16 Å². The summed E-state index contributed by atoms with van der Waals surface area (Å²) < 4.78 is 40.4. The largest absolute Gasteiger partial charge is 0.609 e. The smallest absolute Gasteiger partial charge is 0.345 e. The monoisotopic (exact) mass is 500 g/mol. The van der Waals surface area contributed by atoms with Crippen LogP contribution >= 0.6 is 11.6 Å². The van der Waals surface area contributed by atoms with Crippen molar-refractivity contribution in [2.45, 2.75) is 81.6 Å². The van der Waals surface area contributed by atoms with Crippen molar-refractivity contribution in [2.24, 2.45) is 0 Å². The van der Waals surface area contributed by atoms with Crippen molar-refractivity contribution in [3.05, 3.63) is 11.0 Å². The van der Waals surface area contributed by atoms with Crippen LogP contribution < -0.4 is 9.64 Å². The van der Waals surface area contributed by atoms with Gasteiger partial charge in [0.25, 0.3) is 0 Å². The van der Waals surface area contributed by atoms with E-state index in [-0.39, 0.29) is 45.0 Å². The molecule has 0 amide bonds. The molecule has 1 aliphatic heterocycles. The minimum atomic E-state index is -2.06. The molecule has 4 atom stereocenters. The van der Waals surface area contributed by atoms with Gasteiger partial charge in [-0.25, -0.2) is 4.39 Å². The average Bonchev–Trinajstić information content (AvgIpc) is 2.80. The van der Waals surface area contributed by atoms with Crippen LogP contribution in [0.25, 0.3) is 10.9 Å². The first-order chi connectivity index (χ1) is 14.8. The van der Waals surface area contributed by atoms with Gasteiger partial charge < -0.3 is 18.6 Å². The Morgan fingerprint density at radius 1 is 1.25 bits per heavy atom. The maximum atomic E-state index is 14.9. The molecular weight excluding hydrogens is 471 g/mol. The fraction of sp³-hybridized carbons (Fsp3) is 0.667. The highest BCUT2D eigenvalue weighted by atomic mass is 35.5. The summed E-state index contributed by atoms with van der Waals surface area (Å²) in [4.78, 5) is 14.9. The van der Waals surface area contributed by atoms with Gasteiger partial charge in [0.1, 0.15) is 23.3 Å². The lowest BCUT2D eigenvalue weighted by atomic mass is 9.89. The lowest BCUT2D eigenvalue weighted by Gasteiger charge is -2.47. The van der Waals surface area contributed by atoms with Crippen LogP contribution in [0.4, 0.5) is 10.2 Å². The Kier molecular flexibility index (Phi) is 6.16. The van der Waals surface area contributed by atoms with Gasteiger partial charge in [0.05, 0.1) is 12.1 Å². The van der Waals surface area contributed by atoms with Crippen LogP contribution in [0.2, 0.25) is 23.3 Å². The molecule has 7 nitrogen and oxygen atoms in total. The molecule has 4 rings (SSSR count). The molecule has 0 radical (unpaired) electrons. The van der Waals surface area contributed by atoms with Gasteiger partial charge in [-0.2, -0.15) is 15.0 Å². The second-order valence-corrected chi connectivity index (χ2v) is 16.5. The summed E-state index contributed by atoms with van der Waals surface area (Å²) in [6.07, 6.45) is 3.79. The number of halogens is 2. The molecule has 32 heavy (non-hydrogen) atoms. The van der Waals surface area contributed by atoms with E-state index in [1.807, 2.05) is 11.9 Å². The second-order valence-electron chi connectivity index (χ2n) is 10.1. The quantitative estimate of drug-likeness (QED) is 0.261. The molecule has 0 spiro atoms. The Labute approximate surface area is 197 Å². The molecule has 2 aromatic rings. The van der Waals surface area contributed by atoms with Gasteiger partial charge in [-0.15, -0.1) is 0 Å². The van der Waals surface area contributed by atoms with Crippen LogP contribution in [0.15, 0.2) is 5.16 Å². The van der Waals surface area contributed by atoms with Gasteiger partial charge in [0.15, 0.2) is 25.1 Å². The summed E-state index contributed by atoms with van der Waals surface area (Å²) in [5.41, 5.74) is -0.0254. The van der Waals surface area contributed by atoms with Crippen molar-refractivity contribution >= 4 is 47.8 Å². The van der Waals surface area contributed by atoms with E-state index in [4.69, 9.17) is 20.8 Å². The van der Waals surface area contributed by atoms with Crippen molar-refractivity contribution in [3.8, 4) is 5.88 Å². The normalized spacial score (nSPS) is 24.7. The molecule has 3 heterocycles. The number of hydrogen-bond acceptors (Lipinski definition) is 7. The fourth-order valence-corrected chi connectivity index (χ4v) is 6.21. The Balaban J connectivity index is 1.87. The topological polar surface area (TPSA) is 83.4 Å². The van der Waals surface area contributed by atoms with Crippen molar-refractivity contribution in [1.82, 2.24) is 15.0 Å². The van der Waals surface area contributed by atoms with Crippen LogP contribution in [0, 0.1) is 5.82 Å². The van der Waals surface area contributed by atoms with Crippen LogP contribution in [-0.2, 0) is 15.6 Å². The summed E-state index contributed by atoms with van der Waals surface area (Å²) in [6.45, 7) is 11.1. The molecule has 0 saturated heterocycles. The van der Waals surface area contributed by atoms with Crippen molar-refractivity contribution in [3.63, 3.8) is 0 Å². The standard InChI is InChI=1S/C21H30ClFN4O3SSi/c1-21(2,3)32(6,7)30-12-10-8-9-11-16(12)27(4)18-13-15(24-20(26-18)31(5)28)14(23)17(22)25-19(13)29-11/h11-12,16H,8-10H2,1-7H3/t11-,12+,16+,31?/m1/s1. The zero-order valence-corrected chi connectivity index (χ0v) is 22.1. The van der Waals surface area contributed by atoms with Crippen molar-refractivity contribution in [2.75, 3.05) is 18.2 Å². The molecule has 0 aromatic carbocycles. The van der Waals surface area contributed by atoms with Crippen LogP contribution in [0.5, 0.6) is 5.88 Å². The Hall–Kier alpha value is -1.20. The lowest BCUT2D eigenvalue weighted by molar-refractivity contribution is 0.0353. The lowest BCUT2D eigenvalue weighted by Crippen LogP contribution is -2.58. The Morgan fingerprint density at radius 3 is 2.56 bits per heavy atom. The molecule has 176 valence electrons. The first kappa shape index (κ1) is 23.9. The number of likely N-dealkylation sites (N-methyl/N-ethyl adjacent to an activating group) is 1. The molecule has 2 aromatic heterocycles. The maximum absolute atomic E-state index is 14.9. The van der Waals surface area contributed by atoms with Crippen LogP contribution in [0.3, 0.4) is 0 Å². The van der Waals surface area contributed by atoms with E-state index >= 15 is 0 Å². The summed E-state index contributed by atoms with van der Waals surface area (Å²) in [5.74, 6) is -0.115. The first-order valence-electron chi connectivity index (χ1n) is 10.8. The number of ether oxygens (including phenoxy) is 1. The molecule has 1 unspecified atom stereocenters. The van der Waals surface area contributed by atoms with E-state index in [1.165, 1.54) is 6.26 Å². The zero-order valence-electron chi connectivity index (χ0n) is 19.5. The van der Waals surface area contributed by atoms with Gasteiger partial charge in [-0.1, -0.05) is 32.4 Å². The number of pyridine rings is 1. The Bertz CT molecular complexity index is 1050. The highest BCUT2D eigenvalue weighted by Gasteiger charge is 2.47. The SMILES string of the molecule is CN1c2nc([S+](C)[O-])nc3c(F)c(Cl)nc(c23)O[C@@H]2CCC[C@H](O[Si](C)(C)C(C)(C)C)[C@H]21. The third-order valence-corrected chi connectivity index (χ3v) is 12.4. The highest BCUT2D eigenvalue weighted by molar-refractivity contribution is 7.90. The van der Waals surface area contributed by atoms with Gasteiger partial charge in [0, 0.05) is 18.2 Å². The molecule has 0 bridgehead atoms. The molecule has 11 heteroatoms. The van der Waals surface area contributed by atoms with Crippen molar-refractivity contribution in [1.29, 1.82) is 0 Å². The maximum Gasteiger partial charge on any atom is 0.345 e. The number of nitrogens with zero attached hydrogens (tertiary/aromatic N) is 4. The summed E-state index contributed by atoms with van der Waals surface area (Å²) in [6, 6.07) is -0.162. The number of aromatic nitrogens is 3. The van der Waals surface area contributed by atoms with E-state index in [9.17, 15) is 8.94 Å². The third-order valence-electron chi connectivity index (χ3n) is 6.96. The van der Waals surface area contributed by atoms with E-state index in [2.05, 4.69) is 48.8 Å². The predicted molar refractivity (Wildman–Crippen MR) is 127 cm³/mol. The van der Waals surface area contributed by atoms with Crippen molar-refractivity contribution < 1.29 is 18.1 Å². The zero-order chi connectivity index (χ0) is 23.6. The summed E-state index contributed by atoms with van der Waals surface area (Å²) in [5, 5.41) is 0.127. The highest BCUT2D eigenvalue weighted by Crippen LogP contribution is 2.44. The number of anilines is 1. The molecule has 0 N–H and O–H groups in total. The van der Waals surface area contributed by atoms with Crippen LogP contribution in [0.1, 0.15) is 40.0 Å². The second kappa shape index (κ2) is 8.23. The van der Waals surface area contributed by atoms with E-state index < -0.39 is 25.3 Å². The molecule has 1 aliphatic carbocycles. The molecule has 2 aliphatic rings.